The van der Waals surface area contributed by atoms with Crippen molar-refractivity contribution in [3.63, 3.8) is 0 Å². The van der Waals surface area contributed by atoms with Crippen LogP contribution in [0.25, 0.3) is 0 Å². The van der Waals surface area contributed by atoms with Gasteiger partial charge < -0.3 is 20.8 Å². The van der Waals surface area contributed by atoms with Crippen molar-refractivity contribution < 1.29 is 29.4 Å². The Bertz CT molecular complexity index is 1150. The molecule has 4 N–H and O–H groups in total. The number of carbonyl (C=O) groups is 4. The van der Waals surface area contributed by atoms with Crippen LogP contribution in [0.2, 0.25) is 0 Å². The summed E-state index contributed by atoms with van der Waals surface area (Å²) in [4.78, 5) is 49.7. The first-order valence-electron chi connectivity index (χ1n) is 12.4. The molecule has 198 valence electrons. The molecular weight excluding hydrogens is 472 g/mol. The van der Waals surface area contributed by atoms with E-state index in [1.54, 1.807) is 32.9 Å². The number of carbonyl (C=O) groups excluding carboxylic acids is 2. The second kappa shape index (κ2) is 10.4. The van der Waals surface area contributed by atoms with Gasteiger partial charge in [-0.2, -0.15) is 0 Å². The van der Waals surface area contributed by atoms with E-state index in [2.05, 4.69) is 31.4 Å². The fourth-order valence-electron chi connectivity index (χ4n) is 4.82. The number of benzene rings is 2. The fraction of sp³-hybridized carbons (Fsp3) is 0.448. The van der Waals surface area contributed by atoms with Gasteiger partial charge in [-0.3, -0.25) is 19.2 Å². The highest BCUT2D eigenvalue weighted by Gasteiger charge is 2.64. The molecule has 1 fully saturated rings. The fourth-order valence-corrected chi connectivity index (χ4v) is 4.82. The molecule has 0 saturated heterocycles. The summed E-state index contributed by atoms with van der Waals surface area (Å²) in [6, 6.07) is 15.3. The van der Waals surface area contributed by atoms with E-state index in [-0.39, 0.29) is 5.54 Å². The molecule has 2 aromatic carbocycles. The third kappa shape index (κ3) is 6.56. The van der Waals surface area contributed by atoms with Gasteiger partial charge in [-0.1, -0.05) is 45.0 Å². The molecule has 37 heavy (non-hydrogen) atoms. The number of anilines is 2. The molecule has 8 heteroatoms. The molecule has 0 spiro atoms. The third-order valence-electron chi connectivity index (χ3n) is 6.57. The van der Waals surface area contributed by atoms with Gasteiger partial charge in [0.25, 0.3) is 0 Å². The number of nitrogens with one attached hydrogen (secondary N) is 2. The van der Waals surface area contributed by atoms with Crippen molar-refractivity contribution in [1.82, 2.24) is 0 Å². The minimum absolute atomic E-state index is 0.0285. The average Bonchev–Trinajstić information content (AvgIpc) is 2.73. The van der Waals surface area contributed by atoms with Gasteiger partial charge in [-0.05, 0) is 62.6 Å². The lowest BCUT2D eigenvalue weighted by atomic mass is 9.52. The van der Waals surface area contributed by atoms with Crippen LogP contribution < -0.4 is 10.6 Å². The highest BCUT2D eigenvalue weighted by Crippen LogP contribution is 2.50. The van der Waals surface area contributed by atoms with Crippen molar-refractivity contribution in [2.45, 2.75) is 53.5 Å². The Morgan fingerprint density at radius 2 is 1.11 bits per heavy atom. The number of ketones is 1. The minimum Gasteiger partial charge on any atom is -0.481 e. The smallest absolute Gasteiger partial charge is 0.308 e. The molecule has 8 nitrogen and oxygen atoms in total. The predicted octanol–water partition coefficient (Wildman–Crippen LogP) is 4.69. The standard InChI is InChI=1S/C29H36N2O6/c1-28(2,3)24(32)20-22(26(34)35)21(23(20)27(36)37)25(33)30-18-11-7-16(8-12-18)15-17-9-13-19(14-10-17)31-29(4,5)6/h7-14,20-23,31H,15H2,1-6H3,(H,30,33)(H,34,35)(H,36,37). The SMILES string of the molecule is CC(C)(C)Nc1ccc(Cc2ccc(NC(=O)C3C(C(=O)O)C(C(=O)C(C)(C)C)C3C(=O)O)cc2)cc1. The van der Waals surface area contributed by atoms with Crippen LogP contribution >= 0.6 is 0 Å². The molecule has 0 aromatic heterocycles. The molecule has 0 heterocycles. The Morgan fingerprint density at radius 3 is 1.49 bits per heavy atom. The van der Waals surface area contributed by atoms with Gasteiger partial charge in [-0.15, -0.1) is 0 Å². The van der Waals surface area contributed by atoms with Crippen LogP contribution in [-0.4, -0.2) is 39.4 Å². The molecule has 0 bridgehead atoms. The summed E-state index contributed by atoms with van der Waals surface area (Å²) in [7, 11) is 0. The van der Waals surface area contributed by atoms with E-state index in [0.717, 1.165) is 16.8 Å². The quantitative estimate of drug-likeness (QED) is 0.407. The second-order valence-corrected chi connectivity index (χ2v) is 11.8. The Morgan fingerprint density at radius 1 is 0.676 bits per heavy atom. The Hall–Kier alpha value is -3.68. The number of Topliss-reactive ketones (excluding diaryl/α,β-unsaturated/α-hetero) is 1. The van der Waals surface area contributed by atoms with E-state index in [9.17, 15) is 29.4 Å². The average molecular weight is 509 g/mol. The second-order valence-electron chi connectivity index (χ2n) is 11.8. The highest BCUT2D eigenvalue weighted by molar-refractivity contribution is 6.05. The Labute approximate surface area is 217 Å². The summed E-state index contributed by atoms with van der Waals surface area (Å²) in [6.07, 6.45) is 0.686. The maximum absolute atomic E-state index is 13.0. The van der Waals surface area contributed by atoms with Crippen molar-refractivity contribution >= 4 is 35.0 Å². The first-order chi connectivity index (χ1) is 17.1. The summed E-state index contributed by atoms with van der Waals surface area (Å²) in [5.74, 6) is -9.25. The normalized spacial score (nSPS) is 21.5. The van der Waals surface area contributed by atoms with Gasteiger partial charge in [0, 0.05) is 28.2 Å². The van der Waals surface area contributed by atoms with Crippen LogP contribution in [0.3, 0.4) is 0 Å². The molecule has 0 radical (unpaired) electrons. The largest absolute Gasteiger partial charge is 0.481 e. The zero-order chi connectivity index (χ0) is 27.7. The predicted molar refractivity (Wildman–Crippen MR) is 141 cm³/mol. The van der Waals surface area contributed by atoms with Crippen LogP contribution in [-0.2, 0) is 25.6 Å². The van der Waals surface area contributed by atoms with Gasteiger partial charge >= 0.3 is 11.9 Å². The summed E-state index contributed by atoms with van der Waals surface area (Å²) in [6.45, 7) is 11.1. The van der Waals surface area contributed by atoms with Crippen molar-refractivity contribution in [3.8, 4) is 0 Å². The molecule has 1 aliphatic carbocycles. The molecule has 2 unspecified atom stereocenters. The summed E-state index contributed by atoms with van der Waals surface area (Å²) in [5, 5.41) is 25.5. The Balaban J connectivity index is 1.69. The summed E-state index contributed by atoms with van der Waals surface area (Å²) < 4.78 is 0. The molecule has 2 atom stereocenters. The first-order valence-corrected chi connectivity index (χ1v) is 12.4. The van der Waals surface area contributed by atoms with E-state index in [4.69, 9.17) is 0 Å². The van der Waals surface area contributed by atoms with Crippen LogP contribution in [0.1, 0.15) is 52.7 Å². The number of aliphatic carboxylic acids is 2. The topological polar surface area (TPSA) is 133 Å². The van der Waals surface area contributed by atoms with E-state index in [0.29, 0.717) is 12.1 Å². The third-order valence-corrected chi connectivity index (χ3v) is 6.57. The monoisotopic (exact) mass is 508 g/mol. The lowest BCUT2D eigenvalue weighted by molar-refractivity contribution is -0.181. The number of amides is 1. The highest BCUT2D eigenvalue weighted by atomic mass is 16.4. The summed E-state index contributed by atoms with van der Waals surface area (Å²) in [5.41, 5.74) is 2.65. The van der Waals surface area contributed by atoms with Gasteiger partial charge in [0.1, 0.15) is 5.78 Å². The van der Waals surface area contributed by atoms with Gasteiger partial charge in [0.2, 0.25) is 5.91 Å². The maximum Gasteiger partial charge on any atom is 0.308 e. The van der Waals surface area contributed by atoms with E-state index < -0.39 is 52.7 Å². The zero-order valence-electron chi connectivity index (χ0n) is 22.2. The molecule has 0 aliphatic heterocycles. The number of carboxylic acid groups (broad SMARTS) is 2. The number of rotatable bonds is 8. The number of hydrogen-bond donors (Lipinski definition) is 4. The molecule has 1 saturated carbocycles. The van der Waals surface area contributed by atoms with Crippen molar-refractivity contribution in [2.75, 3.05) is 10.6 Å². The van der Waals surface area contributed by atoms with Crippen molar-refractivity contribution in [1.29, 1.82) is 0 Å². The van der Waals surface area contributed by atoms with Crippen LogP contribution in [0, 0.1) is 29.1 Å². The van der Waals surface area contributed by atoms with Crippen LogP contribution in [0.15, 0.2) is 48.5 Å². The van der Waals surface area contributed by atoms with E-state index in [1.807, 2.05) is 36.4 Å². The first kappa shape index (κ1) is 27.9. The molecular formula is C29H36N2O6. The van der Waals surface area contributed by atoms with Gasteiger partial charge in [0.05, 0.1) is 17.8 Å². The van der Waals surface area contributed by atoms with Crippen molar-refractivity contribution in [3.05, 3.63) is 59.7 Å². The molecule has 3 rings (SSSR count). The Kier molecular flexibility index (Phi) is 7.81. The van der Waals surface area contributed by atoms with Crippen LogP contribution in [0.5, 0.6) is 0 Å². The lowest BCUT2D eigenvalue weighted by Gasteiger charge is -2.47. The number of hydrogen-bond acceptors (Lipinski definition) is 5. The van der Waals surface area contributed by atoms with E-state index >= 15 is 0 Å². The maximum atomic E-state index is 13.0. The van der Waals surface area contributed by atoms with Crippen LogP contribution in [0.4, 0.5) is 11.4 Å². The molecule has 2 aromatic rings. The minimum atomic E-state index is -1.39. The van der Waals surface area contributed by atoms with E-state index in [1.165, 1.54) is 0 Å². The lowest BCUT2D eigenvalue weighted by Crippen LogP contribution is -2.62. The summed E-state index contributed by atoms with van der Waals surface area (Å²) >= 11 is 0. The van der Waals surface area contributed by atoms with Gasteiger partial charge in [0.15, 0.2) is 0 Å². The van der Waals surface area contributed by atoms with Gasteiger partial charge in [-0.25, -0.2) is 0 Å². The van der Waals surface area contributed by atoms with Crippen molar-refractivity contribution in [2.24, 2.45) is 29.1 Å². The molecule has 1 aliphatic rings. The zero-order valence-corrected chi connectivity index (χ0v) is 22.2. The number of carboxylic acids is 2. The molecule has 1 amide bonds.